The lowest BCUT2D eigenvalue weighted by molar-refractivity contribution is 0.593. The third kappa shape index (κ3) is 6.87. The molecule has 0 saturated heterocycles. The molecule has 0 amide bonds. The van der Waals surface area contributed by atoms with Gasteiger partial charge < -0.3 is 15.2 Å². The minimum absolute atomic E-state index is 0. The number of aryl methyl sites for hydroxylation is 1. The van der Waals surface area contributed by atoms with Gasteiger partial charge in [0.15, 0.2) is 11.8 Å². The Morgan fingerprint density at radius 1 is 1.28 bits per heavy atom. The zero-order valence-corrected chi connectivity index (χ0v) is 20.9. The maximum absolute atomic E-state index is 4.83. The van der Waals surface area contributed by atoms with Crippen LogP contribution in [0.5, 0.6) is 0 Å². The number of aliphatic imine (C=N–C) groups is 1. The van der Waals surface area contributed by atoms with E-state index in [0.717, 1.165) is 22.9 Å². The highest BCUT2D eigenvalue weighted by atomic mass is 127. The predicted molar refractivity (Wildman–Crippen MR) is 133 cm³/mol. The van der Waals surface area contributed by atoms with Gasteiger partial charge in [-0.05, 0) is 44.4 Å². The van der Waals surface area contributed by atoms with Crippen LogP contribution in [0, 0.1) is 6.92 Å². The molecule has 3 unspecified atom stereocenters. The summed E-state index contributed by atoms with van der Waals surface area (Å²) < 4.78 is 1.99. The Morgan fingerprint density at radius 2 is 2.03 bits per heavy atom. The van der Waals surface area contributed by atoms with Crippen LogP contribution in [-0.4, -0.2) is 37.8 Å². The van der Waals surface area contributed by atoms with Gasteiger partial charge in [0.1, 0.15) is 12.4 Å². The normalized spacial score (nSPS) is 20.2. The number of hydrogen-bond donors (Lipinski definition) is 2. The molecule has 1 heterocycles. The highest BCUT2D eigenvalue weighted by Crippen LogP contribution is 2.29. The molecule has 160 valence electrons. The standard InChI is InChI=1S/C21H32N6S.HI/c1-5-28-19-12-11-18(13-19)24-21(22-14-20-26-25-16(3)27(20)4)23-15(2)17-9-7-6-8-10-17;/h6-10,15,18-19H,5,11-14H2,1-4H3,(H2,22,23,24);1H. The molecule has 2 N–H and O–H groups in total. The van der Waals surface area contributed by atoms with Gasteiger partial charge in [-0.3, -0.25) is 0 Å². The van der Waals surface area contributed by atoms with Crippen LogP contribution in [0.25, 0.3) is 0 Å². The lowest BCUT2D eigenvalue weighted by Gasteiger charge is -2.22. The molecule has 3 rings (SSSR count). The van der Waals surface area contributed by atoms with Crippen molar-refractivity contribution in [1.82, 2.24) is 25.4 Å². The Kier molecular flexibility index (Phi) is 9.74. The molecule has 3 atom stereocenters. The van der Waals surface area contributed by atoms with Gasteiger partial charge in [-0.15, -0.1) is 34.2 Å². The SMILES string of the molecule is CCSC1CCC(NC(=NCc2nnc(C)n2C)NC(C)c2ccccc2)C1.I. The number of nitrogens with one attached hydrogen (secondary N) is 2. The molecule has 0 radical (unpaired) electrons. The van der Waals surface area contributed by atoms with Crippen molar-refractivity contribution in [2.24, 2.45) is 12.0 Å². The number of rotatable bonds is 7. The third-order valence-corrected chi connectivity index (χ3v) is 6.57. The number of thioether (sulfide) groups is 1. The summed E-state index contributed by atoms with van der Waals surface area (Å²) in [6, 6.07) is 11.1. The highest BCUT2D eigenvalue weighted by molar-refractivity contribution is 14.0. The van der Waals surface area contributed by atoms with Crippen LogP contribution in [-0.2, 0) is 13.6 Å². The van der Waals surface area contributed by atoms with Crippen molar-refractivity contribution >= 4 is 41.7 Å². The maximum atomic E-state index is 4.83. The van der Waals surface area contributed by atoms with Crippen LogP contribution in [0.1, 0.15) is 56.4 Å². The van der Waals surface area contributed by atoms with Crippen molar-refractivity contribution in [1.29, 1.82) is 0 Å². The van der Waals surface area contributed by atoms with Crippen LogP contribution in [0.15, 0.2) is 35.3 Å². The molecule has 1 aliphatic carbocycles. The minimum atomic E-state index is 0. The Balaban J connectivity index is 0.00000300. The number of hydrogen-bond acceptors (Lipinski definition) is 4. The monoisotopic (exact) mass is 528 g/mol. The highest BCUT2D eigenvalue weighted by Gasteiger charge is 2.25. The van der Waals surface area contributed by atoms with Crippen molar-refractivity contribution in [3.8, 4) is 0 Å². The quantitative estimate of drug-likeness (QED) is 0.320. The average Bonchev–Trinajstić information content (AvgIpc) is 3.27. The van der Waals surface area contributed by atoms with E-state index in [1.807, 2.05) is 24.6 Å². The van der Waals surface area contributed by atoms with Gasteiger partial charge in [0.05, 0.1) is 6.04 Å². The fraction of sp³-hybridized carbons (Fsp3) is 0.571. The first-order chi connectivity index (χ1) is 13.6. The van der Waals surface area contributed by atoms with Gasteiger partial charge in [0.2, 0.25) is 0 Å². The molecular weight excluding hydrogens is 495 g/mol. The van der Waals surface area contributed by atoms with E-state index < -0.39 is 0 Å². The molecule has 8 heteroatoms. The summed E-state index contributed by atoms with van der Waals surface area (Å²) in [7, 11) is 1.98. The zero-order valence-electron chi connectivity index (χ0n) is 17.8. The van der Waals surface area contributed by atoms with Crippen molar-refractivity contribution in [3.63, 3.8) is 0 Å². The molecule has 1 aliphatic rings. The molecule has 29 heavy (non-hydrogen) atoms. The molecule has 0 bridgehead atoms. The average molecular weight is 529 g/mol. The van der Waals surface area contributed by atoms with E-state index in [0.29, 0.717) is 12.6 Å². The van der Waals surface area contributed by atoms with Crippen LogP contribution >= 0.6 is 35.7 Å². The van der Waals surface area contributed by atoms with Crippen molar-refractivity contribution < 1.29 is 0 Å². The summed E-state index contributed by atoms with van der Waals surface area (Å²) in [5, 5.41) is 16.4. The van der Waals surface area contributed by atoms with E-state index in [1.54, 1.807) is 0 Å². The van der Waals surface area contributed by atoms with Crippen molar-refractivity contribution in [2.45, 2.75) is 63.9 Å². The molecule has 0 spiro atoms. The number of benzene rings is 1. The minimum Gasteiger partial charge on any atom is -0.354 e. The third-order valence-electron chi connectivity index (χ3n) is 5.34. The van der Waals surface area contributed by atoms with Crippen molar-refractivity contribution in [2.75, 3.05) is 5.75 Å². The summed E-state index contributed by atoms with van der Waals surface area (Å²) in [5.41, 5.74) is 1.25. The lowest BCUT2D eigenvalue weighted by Crippen LogP contribution is -2.43. The molecule has 1 fully saturated rings. The van der Waals surface area contributed by atoms with Gasteiger partial charge in [-0.25, -0.2) is 4.99 Å². The molecule has 2 aromatic rings. The van der Waals surface area contributed by atoms with E-state index >= 15 is 0 Å². The second-order valence-corrected chi connectivity index (χ2v) is 8.97. The summed E-state index contributed by atoms with van der Waals surface area (Å²) >= 11 is 2.07. The smallest absolute Gasteiger partial charge is 0.192 e. The topological polar surface area (TPSA) is 67.1 Å². The Hall–Kier alpha value is -1.29. The second kappa shape index (κ2) is 11.8. The van der Waals surface area contributed by atoms with E-state index in [4.69, 9.17) is 4.99 Å². The van der Waals surface area contributed by atoms with Gasteiger partial charge in [-0.2, -0.15) is 11.8 Å². The lowest BCUT2D eigenvalue weighted by atomic mass is 10.1. The first-order valence-corrected chi connectivity index (χ1v) is 11.2. The van der Waals surface area contributed by atoms with Gasteiger partial charge in [-0.1, -0.05) is 37.3 Å². The van der Waals surface area contributed by atoms with E-state index in [9.17, 15) is 0 Å². The maximum Gasteiger partial charge on any atom is 0.192 e. The van der Waals surface area contributed by atoms with Gasteiger partial charge >= 0.3 is 0 Å². The summed E-state index contributed by atoms with van der Waals surface area (Å²) in [6.45, 7) is 6.88. The molecule has 6 nitrogen and oxygen atoms in total. The molecular formula is C21H33IN6S. The van der Waals surface area contributed by atoms with Crippen LogP contribution in [0.4, 0.5) is 0 Å². The number of guanidine groups is 1. The molecule has 1 aromatic heterocycles. The van der Waals surface area contributed by atoms with Crippen LogP contribution in [0.3, 0.4) is 0 Å². The molecule has 1 aromatic carbocycles. The second-order valence-electron chi connectivity index (χ2n) is 7.40. The predicted octanol–water partition coefficient (Wildman–Crippen LogP) is 4.21. The van der Waals surface area contributed by atoms with Gasteiger partial charge in [0, 0.05) is 18.3 Å². The first kappa shape index (κ1) is 24.0. The number of aromatic nitrogens is 3. The zero-order chi connectivity index (χ0) is 19.9. The van der Waals surface area contributed by atoms with E-state index in [-0.39, 0.29) is 30.0 Å². The Bertz CT molecular complexity index is 779. The van der Waals surface area contributed by atoms with Crippen LogP contribution < -0.4 is 10.6 Å². The van der Waals surface area contributed by atoms with Gasteiger partial charge in [0.25, 0.3) is 0 Å². The van der Waals surface area contributed by atoms with E-state index in [2.05, 4.69) is 70.7 Å². The van der Waals surface area contributed by atoms with E-state index in [1.165, 1.54) is 30.6 Å². The largest absolute Gasteiger partial charge is 0.354 e. The van der Waals surface area contributed by atoms with Crippen LogP contribution in [0.2, 0.25) is 0 Å². The first-order valence-electron chi connectivity index (χ1n) is 10.2. The fourth-order valence-corrected chi connectivity index (χ4v) is 4.70. The number of nitrogens with zero attached hydrogens (tertiary/aromatic N) is 4. The van der Waals surface area contributed by atoms with Crippen molar-refractivity contribution in [3.05, 3.63) is 47.5 Å². The molecule has 1 saturated carbocycles. The molecule has 0 aliphatic heterocycles. The summed E-state index contributed by atoms with van der Waals surface area (Å²) in [6.07, 6.45) is 3.67. The summed E-state index contributed by atoms with van der Waals surface area (Å²) in [4.78, 5) is 4.83. The Labute approximate surface area is 195 Å². The fourth-order valence-electron chi connectivity index (χ4n) is 3.55. The Morgan fingerprint density at radius 3 is 2.69 bits per heavy atom. The summed E-state index contributed by atoms with van der Waals surface area (Å²) in [5.74, 6) is 3.81. The number of halogens is 1.